The van der Waals surface area contributed by atoms with E-state index in [0.29, 0.717) is 18.0 Å². The molecule has 96 valence electrons. The molecule has 0 saturated carbocycles. The van der Waals surface area contributed by atoms with Crippen LogP contribution in [-0.2, 0) is 6.18 Å². The van der Waals surface area contributed by atoms with E-state index >= 15 is 0 Å². The minimum absolute atomic E-state index is 0. The number of nitrogens with one attached hydrogen (secondary N) is 1. The van der Waals surface area contributed by atoms with Crippen molar-refractivity contribution in [2.24, 2.45) is 0 Å². The first-order valence-corrected chi connectivity index (χ1v) is 4.92. The molecule has 0 bridgehead atoms. The Bertz CT molecular complexity index is 418. The largest absolute Gasteiger partial charge is 0.484 e. The fourth-order valence-corrected chi connectivity index (χ4v) is 1.58. The Labute approximate surface area is 104 Å². The molecule has 2 nitrogen and oxygen atoms in total. The van der Waals surface area contributed by atoms with E-state index in [1.807, 2.05) is 13.8 Å². The second kappa shape index (κ2) is 4.29. The van der Waals surface area contributed by atoms with Gasteiger partial charge in [-0.2, -0.15) is 13.2 Å². The predicted octanol–water partition coefficient (Wildman–Crippen LogP) is 3.71. The Morgan fingerprint density at radius 2 is 1.94 bits per heavy atom. The van der Waals surface area contributed by atoms with Crippen molar-refractivity contribution in [2.75, 3.05) is 11.9 Å². The molecule has 0 amide bonds. The van der Waals surface area contributed by atoms with Crippen molar-refractivity contribution in [3.8, 4) is 5.75 Å². The second-order valence-corrected chi connectivity index (χ2v) is 4.42. The zero-order chi connectivity index (χ0) is 12.0. The van der Waals surface area contributed by atoms with Gasteiger partial charge in [-0.15, -0.1) is 12.4 Å². The van der Waals surface area contributed by atoms with Gasteiger partial charge in [0.05, 0.1) is 17.8 Å². The Morgan fingerprint density at radius 1 is 1.29 bits per heavy atom. The molecule has 1 N–H and O–H groups in total. The molecule has 0 saturated heterocycles. The SMILES string of the molecule is CC1(C)CNc2cc(C(F)(F)F)ccc2O1.Cl. The van der Waals surface area contributed by atoms with Gasteiger partial charge in [0, 0.05) is 0 Å². The third-order valence-electron chi connectivity index (χ3n) is 2.40. The monoisotopic (exact) mass is 267 g/mol. The highest BCUT2D eigenvalue weighted by Crippen LogP contribution is 2.38. The lowest BCUT2D eigenvalue weighted by atomic mass is 10.1. The van der Waals surface area contributed by atoms with Crippen molar-refractivity contribution in [1.29, 1.82) is 0 Å². The first kappa shape index (κ1) is 14.0. The topological polar surface area (TPSA) is 21.3 Å². The van der Waals surface area contributed by atoms with E-state index < -0.39 is 17.3 Å². The molecule has 0 atom stereocenters. The Balaban J connectivity index is 0.00000144. The van der Waals surface area contributed by atoms with Crippen LogP contribution in [0.1, 0.15) is 19.4 Å². The van der Waals surface area contributed by atoms with Crippen LogP contribution in [0.25, 0.3) is 0 Å². The molecular formula is C11H13ClF3NO. The molecule has 0 aliphatic carbocycles. The maximum atomic E-state index is 12.4. The zero-order valence-electron chi connectivity index (χ0n) is 9.39. The molecule has 1 heterocycles. The molecule has 0 aromatic heterocycles. The van der Waals surface area contributed by atoms with Crippen LogP contribution in [0.15, 0.2) is 18.2 Å². The highest BCUT2D eigenvalue weighted by atomic mass is 35.5. The molecule has 6 heteroatoms. The number of ether oxygens (including phenoxy) is 1. The van der Waals surface area contributed by atoms with Gasteiger partial charge < -0.3 is 10.1 Å². The first-order valence-electron chi connectivity index (χ1n) is 4.92. The van der Waals surface area contributed by atoms with Crippen molar-refractivity contribution in [3.63, 3.8) is 0 Å². The predicted molar refractivity (Wildman–Crippen MR) is 61.9 cm³/mol. The van der Waals surface area contributed by atoms with E-state index in [1.54, 1.807) is 0 Å². The van der Waals surface area contributed by atoms with Crippen molar-refractivity contribution in [1.82, 2.24) is 0 Å². The summed E-state index contributed by atoms with van der Waals surface area (Å²) in [5.74, 6) is 0.462. The number of hydrogen-bond donors (Lipinski definition) is 1. The molecule has 1 aliphatic heterocycles. The normalized spacial score (nSPS) is 17.2. The summed E-state index contributed by atoms with van der Waals surface area (Å²) in [5.41, 5.74) is -0.663. The highest BCUT2D eigenvalue weighted by molar-refractivity contribution is 5.85. The molecule has 0 radical (unpaired) electrons. The van der Waals surface area contributed by atoms with Crippen LogP contribution < -0.4 is 10.1 Å². The van der Waals surface area contributed by atoms with E-state index in [0.717, 1.165) is 12.1 Å². The fraction of sp³-hybridized carbons (Fsp3) is 0.455. The van der Waals surface area contributed by atoms with Gasteiger partial charge in [-0.25, -0.2) is 0 Å². The van der Waals surface area contributed by atoms with Crippen LogP contribution in [0.2, 0.25) is 0 Å². The highest BCUT2D eigenvalue weighted by Gasteiger charge is 2.33. The van der Waals surface area contributed by atoms with Crippen molar-refractivity contribution >= 4 is 18.1 Å². The van der Waals surface area contributed by atoms with Crippen molar-refractivity contribution in [2.45, 2.75) is 25.6 Å². The summed E-state index contributed by atoms with van der Waals surface area (Å²) in [7, 11) is 0. The number of fused-ring (bicyclic) bond motifs is 1. The summed E-state index contributed by atoms with van der Waals surface area (Å²) in [6.45, 7) is 4.24. The van der Waals surface area contributed by atoms with Gasteiger partial charge in [-0.05, 0) is 32.0 Å². The first-order chi connectivity index (χ1) is 7.28. The van der Waals surface area contributed by atoms with Gasteiger partial charge in [-0.3, -0.25) is 0 Å². The van der Waals surface area contributed by atoms with Gasteiger partial charge in [0.25, 0.3) is 0 Å². The van der Waals surface area contributed by atoms with Crippen LogP contribution in [0, 0.1) is 0 Å². The van der Waals surface area contributed by atoms with Crippen LogP contribution in [0.4, 0.5) is 18.9 Å². The maximum Gasteiger partial charge on any atom is 0.416 e. The lowest BCUT2D eigenvalue weighted by Gasteiger charge is -2.33. The third kappa shape index (κ3) is 2.97. The Morgan fingerprint density at radius 3 is 2.53 bits per heavy atom. The zero-order valence-corrected chi connectivity index (χ0v) is 10.2. The van der Waals surface area contributed by atoms with Gasteiger partial charge in [0.15, 0.2) is 0 Å². The summed E-state index contributed by atoms with van der Waals surface area (Å²) >= 11 is 0. The van der Waals surface area contributed by atoms with Gasteiger partial charge in [-0.1, -0.05) is 0 Å². The quantitative estimate of drug-likeness (QED) is 0.774. The minimum Gasteiger partial charge on any atom is -0.484 e. The van der Waals surface area contributed by atoms with Crippen molar-refractivity contribution in [3.05, 3.63) is 23.8 Å². The number of alkyl halides is 3. The molecule has 1 aliphatic rings. The van der Waals surface area contributed by atoms with Gasteiger partial charge in [0.1, 0.15) is 11.4 Å². The molecule has 17 heavy (non-hydrogen) atoms. The number of halogens is 4. The van der Waals surface area contributed by atoms with Gasteiger partial charge >= 0.3 is 6.18 Å². The maximum absolute atomic E-state index is 12.4. The van der Waals surface area contributed by atoms with Crippen molar-refractivity contribution < 1.29 is 17.9 Å². The lowest BCUT2D eigenvalue weighted by molar-refractivity contribution is -0.137. The Kier molecular flexibility index (Phi) is 3.52. The number of anilines is 1. The lowest BCUT2D eigenvalue weighted by Crippen LogP contribution is -2.40. The van der Waals surface area contributed by atoms with E-state index in [2.05, 4.69) is 5.32 Å². The summed E-state index contributed by atoms with van der Waals surface area (Å²) in [4.78, 5) is 0. The van der Waals surface area contributed by atoms with Crippen LogP contribution in [0.5, 0.6) is 5.75 Å². The molecule has 0 fully saturated rings. The van der Waals surface area contributed by atoms with E-state index in [1.165, 1.54) is 6.07 Å². The van der Waals surface area contributed by atoms with Crippen LogP contribution in [0.3, 0.4) is 0 Å². The molecule has 1 aromatic carbocycles. The summed E-state index contributed by atoms with van der Waals surface area (Å²) in [6, 6.07) is 3.46. The number of benzene rings is 1. The van der Waals surface area contributed by atoms with Crippen LogP contribution >= 0.6 is 12.4 Å². The molecule has 0 spiro atoms. The van der Waals surface area contributed by atoms with E-state index in [9.17, 15) is 13.2 Å². The standard InChI is InChI=1S/C11H12F3NO.ClH/c1-10(2)6-15-8-5-7(11(12,13)14)3-4-9(8)16-10;/h3-5,15H,6H2,1-2H3;1H. The average molecular weight is 268 g/mol. The third-order valence-corrected chi connectivity index (χ3v) is 2.40. The number of rotatable bonds is 0. The summed E-state index contributed by atoms with van der Waals surface area (Å²) in [6.07, 6.45) is -4.32. The second-order valence-electron chi connectivity index (χ2n) is 4.42. The van der Waals surface area contributed by atoms with E-state index in [4.69, 9.17) is 4.74 Å². The van der Waals surface area contributed by atoms with Crippen LogP contribution in [-0.4, -0.2) is 12.1 Å². The summed E-state index contributed by atoms with van der Waals surface area (Å²) < 4.78 is 42.9. The number of hydrogen-bond acceptors (Lipinski definition) is 2. The molecule has 0 unspecified atom stereocenters. The van der Waals surface area contributed by atoms with Gasteiger partial charge in [0.2, 0.25) is 0 Å². The fourth-order valence-electron chi connectivity index (χ4n) is 1.58. The smallest absolute Gasteiger partial charge is 0.416 e. The molecule has 2 rings (SSSR count). The molecule has 1 aromatic rings. The Hall–Kier alpha value is -1.10. The van der Waals surface area contributed by atoms with E-state index in [-0.39, 0.29) is 12.4 Å². The minimum atomic E-state index is -4.32. The summed E-state index contributed by atoms with van der Waals surface area (Å²) in [5, 5.41) is 2.94. The molecular weight excluding hydrogens is 255 g/mol. The average Bonchev–Trinajstić information content (AvgIpc) is 2.14.